The number of hydrogen-bond acceptors (Lipinski definition) is 2. The summed E-state index contributed by atoms with van der Waals surface area (Å²) in [4.78, 5) is 0. The minimum atomic E-state index is -0.667. The van der Waals surface area contributed by atoms with Crippen molar-refractivity contribution in [3.63, 3.8) is 0 Å². The number of halogens is 1. The van der Waals surface area contributed by atoms with Gasteiger partial charge in [-0.05, 0) is 32.2 Å². The first-order chi connectivity index (χ1) is 6.23. The summed E-state index contributed by atoms with van der Waals surface area (Å²) in [7, 11) is 0. The van der Waals surface area contributed by atoms with Crippen molar-refractivity contribution in [3.05, 3.63) is 25.3 Å². The standard InChI is InChI=1S/C11H19NO.ClH/c1-3-7-11(13,8-4-2)10-6-5-9-12-10;/h3-4,10,12-13H,1-2,5-9H2;1H. The van der Waals surface area contributed by atoms with E-state index >= 15 is 0 Å². The Morgan fingerprint density at radius 3 is 2.29 bits per heavy atom. The Morgan fingerprint density at radius 2 is 1.93 bits per heavy atom. The topological polar surface area (TPSA) is 32.3 Å². The van der Waals surface area contributed by atoms with E-state index in [4.69, 9.17) is 0 Å². The first-order valence-electron chi connectivity index (χ1n) is 4.90. The summed E-state index contributed by atoms with van der Waals surface area (Å²) in [6.45, 7) is 8.37. The van der Waals surface area contributed by atoms with Gasteiger partial charge >= 0.3 is 0 Å². The minimum Gasteiger partial charge on any atom is -0.388 e. The van der Waals surface area contributed by atoms with Gasteiger partial charge in [0.05, 0.1) is 5.60 Å². The molecule has 0 aliphatic carbocycles. The molecular formula is C11H20ClNO. The van der Waals surface area contributed by atoms with E-state index in [1.54, 1.807) is 12.2 Å². The molecule has 1 unspecified atom stereocenters. The fraction of sp³-hybridized carbons (Fsp3) is 0.636. The normalized spacial score (nSPS) is 21.4. The van der Waals surface area contributed by atoms with Gasteiger partial charge in [-0.3, -0.25) is 0 Å². The van der Waals surface area contributed by atoms with Crippen LogP contribution in [0, 0.1) is 0 Å². The van der Waals surface area contributed by atoms with Gasteiger partial charge in [0.15, 0.2) is 0 Å². The second-order valence-corrected chi connectivity index (χ2v) is 3.74. The molecule has 0 radical (unpaired) electrons. The van der Waals surface area contributed by atoms with Gasteiger partial charge in [-0.25, -0.2) is 0 Å². The van der Waals surface area contributed by atoms with Crippen LogP contribution in [0.1, 0.15) is 25.7 Å². The second kappa shape index (κ2) is 6.23. The summed E-state index contributed by atoms with van der Waals surface area (Å²) in [5.74, 6) is 0. The molecule has 1 saturated heterocycles. The maximum atomic E-state index is 10.3. The van der Waals surface area contributed by atoms with Crippen LogP contribution in [0.5, 0.6) is 0 Å². The summed E-state index contributed by atoms with van der Waals surface area (Å²) in [6.07, 6.45) is 7.04. The smallest absolute Gasteiger partial charge is 0.0868 e. The van der Waals surface area contributed by atoms with E-state index in [9.17, 15) is 5.11 Å². The van der Waals surface area contributed by atoms with E-state index in [2.05, 4.69) is 18.5 Å². The van der Waals surface area contributed by atoms with Gasteiger partial charge in [-0.1, -0.05) is 12.2 Å². The van der Waals surface area contributed by atoms with Crippen molar-refractivity contribution < 1.29 is 5.11 Å². The maximum Gasteiger partial charge on any atom is 0.0868 e. The molecule has 0 bridgehead atoms. The highest BCUT2D eigenvalue weighted by atomic mass is 35.5. The van der Waals surface area contributed by atoms with Crippen molar-refractivity contribution in [1.29, 1.82) is 0 Å². The molecule has 0 aromatic heterocycles. The van der Waals surface area contributed by atoms with E-state index in [0.717, 1.165) is 19.4 Å². The summed E-state index contributed by atoms with van der Waals surface area (Å²) >= 11 is 0. The van der Waals surface area contributed by atoms with Crippen LogP contribution in [0.4, 0.5) is 0 Å². The molecule has 2 nitrogen and oxygen atoms in total. The van der Waals surface area contributed by atoms with Gasteiger partial charge in [-0.15, -0.1) is 25.6 Å². The summed E-state index contributed by atoms with van der Waals surface area (Å²) in [5.41, 5.74) is -0.667. The zero-order valence-electron chi connectivity index (χ0n) is 8.54. The van der Waals surface area contributed by atoms with Crippen LogP contribution < -0.4 is 5.32 Å². The van der Waals surface area contributed by atoms with E-state index < -0.39 is 5.60 Å². The first kappa shape index (κ1) is 13.7. The van der Waals surface area contributed by atoms with E-state index in [1.165, 1.54) is 0 Å². The average molecular weight is 218 g/mol. The van der Waals surface area contributed by atoms with Gasteiger partial charge in [0.25, 0.3) is 0 Å². The SMILES string of the molecule is C=CCC(O)(CC=C)C1CCCN1.Cl. The van der Waals surface area contributed by atoms with Crippen molar-refractivity contribution in [2.45, 2.75) is 37.3 Å². The van der Waals surface area contributed by atoms with Crippen LogP contribution in [-0.2, 0) is 0 Å². The van der Waals surface area contributed by atoms with Crippen LogP contribution in [0.15, 0.2) is 25.3 Å². The van der Waals surface area contributed by atoms with E-state index in [1.807, 2.05) is 0 Å². The van der Waals surface area contributed by atoms with Crippen molar-refractivity contribution in [1.82, 2.24) is 5.32 Å². The number of aliphatic hydroxyl groups is 1. The third-order valence-electron chi connectivity index (χ3n) is 2.70. The monoisotopic (exact) mass is 217 g/mol. The highest BCUT2D eigenvalue weighted by Gasteiger charge is 2.35. The molecule has 1 aliphatic heterocycles. The number of hydrogen-bond donors (Lipinski definition) is 2. The number of rotatable bonds is 5. The molecule has 82 valence electrons. The third-order valence-corrected chi connectivity index (χ3v) is 2.70. The Morgan fingerprint density at radius 1 is 1.36 bits per heavy atom. The second-order valence-electron chi connectivity index (χ2n) is 3.74. The van der Waals surface area contributed by atoms with Crippen LogP contribution in [0.25, 0.3) is 0 Å². The molecule has 0 aromatic rings. The minimum absolute atomic E-state index is 0. The van der Waals surface area contributed by atoms with Gasteiger partial charge in [0.2, 0.25) is 0 Å². The van der Waals surface area contributed by atoms with Gasteiger partial charge in [-0.2, -0.15) is 0 Å². The average Bonchev–Trinajstić information content (AvgIpc) is 2.57. The molecule has 1 heterocycles. The molecule has 14 heavy (non-hydrogen) atoms. The van der Waals surface area contributed by atoms with Crippen molar-refractivity contribution in [2.75, 3.05) is 6.54 Å². The predicted molar refractivity (Wildman–Crippen MR) is 62.9 cm³/mol. The maximum absolute atomic E-state index is 10.3. The lowest BCUT2D eigenvalue weighted by Gasteiger charge is -2.32. The van der Waals surface area contributed by atoms with Gasteiger partial charge in [0, 0.05) is 6.04 Å². The Kier molecular flexibility index (Phi) is 6.09. The van der Waals surface area contributed by atoms with Crippen LogP contribution in [0.2, 0.25) is 0 Å². The van der Waals surface area contributed by atoms with Crippen molar-refractivity contribution in [3.8, 4) is 0 Å². The summed E-state index contributed by atoms with van der Waals surface area (Å²) in [5, 5.41) is 13.6. The lowest BCUT2D eigenvalue weighted by molar-refractivity contribution is 0.0131. The van der Waals surface area contributed by atoms with Gasteiger partial charge in [0.1, 0.15) is 0 Å². The predicted octanol–water partition coefficient (Wildman–Crippen LogP) is 2.04. The molecule has 0 aromatic carbocycles. The molecule has 1 aliphatic rings. The van der Waals surface area contributed by atoms with E-state index in [-0.39, 0.29) is 18.4 Å². The molecule has 3 heteroatoms. The highest BCUT2D eigenvalue weighted by molar-refractivity contribution is 5.85. The Balaban J connectivity index is 0.00000169. The largest absolute Gasteiger partial charge is 0.388 e. The summed E-state index contributed by atoms with van der Waals surface area (Å²) < 4.78 is 0. The number of nitrogens with one attached hydrogen (secondary N) is 1. The zero-order chi connectivity index (χ0) is 9.73. The molecule has 0 saturated carbocycles. The first-order valence-corrected chi connectivity index (χ1v) is 4.90. The molecular weight excluding hydrogens is 198 g/mol. The fourth-order valence-electron chi connectivity index (χ4n) is 2.01. The molecule has 0 amide bonds. The third kappa shape index (κ3) is 3.12. The van der Waals surface area contributed by atoms with Crippen LogP contribution >= 0.6 is 12.4 Å². The molecule has 1 fully saturated rings. The van der Waals surface area contributed by atoms with Crippen LogP contribution in [-0.4, -0.2) is 23.3 Å². The summed E-state index contributed by atoms with van der Waals surface area (Å²) in [6, 6.07) is 0.212. The highest BCUT2D eigenvalue weighted by Crippen LogP contribution is 2.26. The molecule has 0 spiro atoms. The van der Waals surface area contributed by atoms with Crippen molar-refractivity contribution in [2.24, 2.45) is 0 Å². The molecule has 1 atom stereocenters. The Hall–Kier alpha value is -0.310. The van der Waals surface area contributed by atoms with Gasteiger partial charge < -0.3 is 10.4 Å². The van der Waals surface area contributed by atoms with Crippen molar-refractivity contribution >= 4 is 12.4 Å². The molecule has 2 N–H and O–H groups in total. The fourth-order valence-corrected chi connectivity index (χ4v) is 2.01. The Bertz CT molecular complexity index is 178. The molecule has 1 rings (SSSR count). The quantitative estimate of drug-likeness (QED) is 0.691. The lowest BCUT2D eigenvalue weighted by Crippen LogP contribution is -2.47. The lowest BCUT2D eigenvalue weighted by atomic mass is 9.86. The van der Waals surface area contributed by atoms with E-state index in [0.29, 0.717) is 12.8 Å². The zero-order valence-corrected chi connectivity index (χ0v) is 9.35. The Labute approximate surface area is 92.5 Å². The van der Waals surface area contributed by atoms with Crippen LogP contribution in [0.3, 0.4) is 0 Å².